The molecule has 30 heavy (non-hydrogen) atoms. The summed E-state index contributed by atoms with van der Waals surface area (Å²) in [5.41, 5.74) is 4.82. The normalized spacial score (nSPS) is 10.6. The zero-order valence-corrected chi connectivity index (χ0v) is 18.9. The van der Waals surface area contributed by atoms with Crippen molar-refractivity contribution in [3.05, 3.63) is 75.2 Å². The van der Waals surface area contributed by atoms with Gasteiger partial charge in [0.1, 0.15) is 11.6 Å². The van der Waals surface area contributed by atoms with Gasteiger partial charge in [-0.3, -0.25) is 9.59 Å². The first-order valence-electron chi connectivity index (χ1n) is 9.55. The Hall–Kier alpha value is -2.64. The summed E-state index contributed by atoms with van der Waals surface area (Å²) in [7, 11) is 0. The lowest BCUT2D eigenvalue weighted by Crippen LogP contribution is -2.15. The lowest BCUT2D eigenvalue weighted by Gasteiger charge is -2.07. The minimum atomic E-state index is -0.285. The average molecular weight is 441 g/mol. The molecule has 3 aromatic rings. The highest BCUT2D eigenvalue weighted by atomic mass is 32.2. The minimum Gasteiger partial charge on any atom is -0.459 e. The van der Waals surface area contributed by atoms with Gasteiger partial charge in [0.05, 0.1) is 17.9 Å². The molecule has 7 heteroatoms. The number of nitrogens with one attached hydrogen (secondary N) is 1. The van der Waals surface area contributed by atoms with Gasteiger partial charge in [0.25, 0.3) is 0 Å². The monoisotopic (exact) mass is 440 g/mol. The highest BCUT2D eigenvalue weighted by Crippen LogP contribution is 2.23. The quantitative estimate of drug-likeness (QED) is 0.391. The first kappa shape index (κ1) is 22.1. The molecular formula is C23H24N2O3S2. The Bertz CT molecular complexity index is 1050. The number of nitrogens with zero attached hydrogens (tertiary/aromatic N) is 1. The molecule has 0 saturated heterocycles. The molecule has 1 N–H and O–H groups in total. The van der Waals surface area contributed by atoms with Gasteiger partial charge in [0, 0.05) is 16.0 Å². The van der Waals surface area contributed by atoms with Crippen molar-refractivity contribution in [3.8, 4) is 0 Å². The van der Waals surface area contributed by atoms with E-state index in [9.17, 15) is 9.59 Å². The molecule has 0 fully saturated rings. The van der Waals surface area contributed by atoms with Gasteiger partial charge in [-0.05, 0) is 44.0 Å². The van der Waals surface area contributed by atoms with Crippen molar-refractivity contribution in [3.63, 3.8) is 0 Å². The van der Waals surface area contributed by atoms with Crippen LogP contribution in [0.5, 0.6) is 0 Å². The van der Waals surface area contributed by atoms with Crippen molar-refractivity contribution in [2.24, 2.45) is 0 Å². The molecular weight excluding hydrogens is 416 g/mol. The number of ether oxygens (including phenoxy) is 1. The van der Waals surface area contributed by atoms with Crippen molar-refractivity contribution >= 4 is 40.7 Å². The maximum atomic E-state index is 12.2. The third-order valence-electron chi connectivity index (χ3n) is 4.39. The number of hydrogen-bond donors (Lipinski definition) is 1. The lowest BCUT2D eigenvalue weighted by molar-refractivity contribution is -0.141. The largest absolute Gasteiger partial charge is 0.459 e. The van der Waals surface area contributed by atoms with E-state index in [-0.39, 0.29) is 30.7 Å². The van der Waals surface area contributed by atoms with Crippen LogP contribution in [0.3, 0.4) is 0 Å². The number of anilines is 1. The first-order valence-corrected chi connectivity index (χ1v) is 11.4. The molecule has 0 atom stereocenters. The van der Waals surface area contributed by atoms with Crippen molar-refractivity contribution in [1.82, 2.24) is 4.98 Å². The number of benzene rings is 2. The van der Waals surface area contributed by atoms with Gasteiger partial charge >= 0.3 is 5.97 Å². The zero-order valence-electron chi connectivity index (χ0n) is 17.2. The van der Waals surface area contributed by atoms with Crippen LogP contribution >= 0.6 is 23.1 Å². The number of aryl methyl sites for hydroxylation is 3. The van der Waals surface area contributed by atoms with Gasteiger partial charge in [-0.25, -0.2) is 4.98 Å². The second-order valence-corrected chi connectivity index (χ2v) is 8.95. The third kappa shape index (κ3) is 6.43. The van der Waals surface area contributed by atoms with E-state index in [0.29, 0.717) is 10.7 Å². The van der Waals surface area contributed by atoms with Crippen LogP contribution < -0.4 is 5.32 Å². The molecule has 1 aromatic heterocycles. The third-order valence-corrected chi connectivity index (χ3v) is 6.43. The molecule has 5 nitrogen and oxygen atoms in total. The van der Waals surface area contributed by atoms with Crippen LogP contribution in [0, 0.1) is 20.8 Å². The summed E-state index contributed by atoms with van der Waals surface area (Å²) in [6.07, 6.45) is 0.190. The Balaban J connectivity index is 1.44. The maximum Gasteiger partial charge on any atom is 0.316 e. The Morgan fingerprint density at radius 3 is 2.67 bits per heavy atom. The summed E-state index contributed by atoms with van der Waals surface area (Å²) in [6.45, 7) is 6.14. The zero-order chi connectivity index (χ0) is 21.5. The topological polar surface area (TPSA) is 68.3 Å². The first-order chi connectivity index (χ1) is 14.4. The Labute approximate surface area is 184 Å². The van der Waals surface area contributed by atoms with Crippen LogP contribution in [0.4, 0.5) is 5.69 Å². The molecule has 0 spiro atoms. The fourth-order valence-corrected chi connectivity index (χ4v) is 4.42. The number of esters is 1. The van der Waals surface area contributed by atoms with Crippen molar-refractivity contribution in [2.75, 3.05) is 11.1 Å². The molecule has 0 unspecified atom stereocenters. The maximum absolute atomic E-state index is 12.2. The summed E-state index contributed by atoms with van der Waals surface area (Å²) >= 11 is 2.86. The van der Waals surface area contributed by atoms with Crippen LogP contribution in [-0.2, 0) is 27.4 Å². The summed E-state index contributed by atoms with van der Waals surface area (Å²) in [6, 6.07) is 13.8. The van der Waals surface area contributed by atoms with Gasteiger partial charge in [0.15, 0.2) is 0 Å². The summed E-state index contributed by atoms with van der Waals surface area (Å²) < 4.78 is 5.33. The number of thioether (sulfide) groups is 1. The molecule has 1 amide bonds. The molecule has 0 bridgehead atoms. The number of rotatable bonds is 8. The number of carbonyl (C=O) groups is 2. The molecule has 0 aliphatic carbocycles. The second kappa shape index (κ2) is 10.4. The molecule has 1 heterocycles. The van der Waals surface area contributed by atoms with Crippen LogP contribution in [0.15, 0.2) is 52.7 Å². The van der Waals surface area contributed by atoms with Crippen molar-refractivity contribution in [2.45, 2.75) is 38.7 Å². The number of amides is 1. The van der Waals surface area contributed by atoms with Crippen LogP contribution in [0.25, 0.3) is 0 Å². The number of hydrogen-bond acceptors (Lipinski definition) is 6. The highest BCUT2D eigenvalue weighted by molar-refractivity contribution is 8.00. The average Bonchev–Trinajstić information content (AvgIpc) is 3.14. The molecule has 156 valence electrons. The van der Waals surface area contributed by atoms with Crippen LogP contribution in [-0.4, -0.2) is 22.6 Å². The minimum absolute atomic E-state index is 0.113. The molecule has 3 rings (SSSR count). The van der Waals surface area contributed by atoms with Gasteiger partial charge < -0.3 is 10.1 Å². The summed E-state index contributed by atoms with van der Waals surface area (Å²) in [5.74, 6) is -0.154. The number of para-hydroxylation sites is 1. The van der Waals surface area contributed by atoms with E-state index in [2.05, 4.69) is 16.4 Å². The van der Waals surface area contributed by atoms with E-state index < -0.39 is 0 Å². The van der Waals surface area contributed by atoms with Gasteiger partial charge in [-0.2, -0.15) is 0 Å². The summed E-state index contributed by atoms with van der Waals surface area (Å²) in [4.78, 5) is 29.8. The number of thiazole rings is 1. The van der Waals surface area contributed by atoms with Crippen LogP contribution in [0.1, 0.15) is 27.4 Å². The van der Waals surface area contributed by atoms with E-state index in [4.69, 9.17) is 4.74 Å². The highest BCUT2D eigenvalue weighted by Gasteiger charge is 2.11. The molecule has 0 saturated carbocycles. The van der Waals surface area contributed by atoms with Crippen molar-refractivity contribution < 1.29 is 14.3 Å². The number of carbonyl (C=O) groups excluding carboxylic acids is 2. The van der Waals surface area contributed by atoms with E-state index >= 15 is 0 Å². The van der Waals surface area contributed by atoms with E-state index in [0.717, 1.165) is 21.7 Å². The van der Waals surface area contributed by atoms with E-state index in [1.54, 1.807) is 0 Å². The predicted molar refractivity (Wildman–Crippen MR) is 122 cm³/mol. The van der Waals surface area contributed by atoms with Gasteiger partial charge in [0.2, 0.25) is 5.91 Å². The molecule has 2 aromatic carbocycles. The van der Waals surface area contributed by atoms with Crippen LogP contribution in [0.2, 0.25) is 0 Å². The SMILES string of the molecule is Cc1ccc(SCC(=O)OCc2csc(CC(=O)Nc3ccccc3C)n2)c(C)c1. The Kier molecular flexibility index (Phi) is 7.65. The van der Waals surface area contributed by atoms with Crippen molar-refractivity contribution in [1.29, 1.82) is 0 Å². The van der Waals surface area contributed by atoms with E-state index in [1.807, 2.05) is 62.5 Å². The Morgan fingerprint density at radius 1 is 1.10 bits per heavy atom. The lowest BCUT2D eigenvalue weighted by atomic mass is 10.2. The van der Waals surface area contributed by atoms with E-state index in [1.165, 1.54) is 28.7 Å². The summed E-state index contributed by atoms with van der Waals surface area (Å²) in [5, 5.41) is 5.41. The molecule has 0 aliphatic rings. The van der Waals surface area contributed by atoms with Gasteiger partial charge in [-0.15, -0.1) is 23.1 Å². The smallest absolute Gasteiger partial charge is 0.316 e. The molecule has 0 aliphatic heterocycles. The second-order valence-electron chi connectivity index (χ2n) is 6.99. The standard InChI is InChI=1S/C23H24N2O3S2/c1-15-8-9-20(17(3)10-15)29-14-23(27)28-12-18-13-30-22(24-18)11-21(26)25-19-7-5-4-6-16(19)2/h4-10,13H,11-12,14H2,1-3H3,(H,25,26). The fourth-order valence-electron chi connectivity index (χ4n) is 2.84. The fraction of sp³-hybridized carbons (Fsp3) is 0.261. The predicted octanol–water partition coefficient (Wildman–Crippen LogP) is 5.09. The molecule has 0 radical (unpaired) electrons. The Morgan fingerprint density at radius 2 is 1.90 bits per heavy atom. The van der Waals surface area contributed by atoms with Gasteiger partial charge in [-0.1, -0.05) is 35.9 Å². The number of aromatic nitrogens is 1.